The molecule has 3 rings (SSSR count). The summed E-state index contributed by atoms with van der Waals surface area (Å²) in [6.45, 7) is 2.71. The standard InChI is InChI=1S/C19H21NO2S/c1-2-15-16(20-12-11-17(21)19(20)22)9-6-10-18(15)23-13-14-7-4-3-5-8-14/h3-10,17,21H,2,11-13H2,1H3. The summed E-state index contributed by atoms with van der Waals surface area (Å²) in [5, 5.41) is 9.72. The maximum Gasteiger partial charge on any atom is 0.255 e. The monoisotopic (exact) mass is 327 g/mol. The van der Waals surface area contributed by atoms with Gasteiger partial charge in [0.1, 0.15) is 6.10 Å². The number of nitrogens with zero attached hydrogens (tertiary/aromatic N) is 1. The van der Waals surface area contributed by atoms with Crippen molar-refractivity contribution in [1.82, 2.24) is 0 Å². The summed E-state index contributed by atoms with van der Waals surface area (Å²) in [5.74, 6) is 0.735. The van der Waals surface area contributed by atoms with E-state index in [1.165, 1.54) is 16.0 Å². The first-order valence-electron chi connectivity index (χ1n) is 7.98. The van der Waals surface area contributed by atoms with Gasteiger partial charge in [-0.15, -0.1) is 11.8 Å². The van der Waals surface area contributed by atoms with Gasteiger partial charge in [0.2, 0.25) is 0 Å². The van der Waals surface area contributed by atoms with E-state index in [-0.39, 0.29) is 5.91 Å². The molecule has 1 heterocycles. The van der Waals surface area contributed by atoms with Crippen molar-refractivity contribution in [3.8, 4) is 0 Å². The van der Waals surface area contributed by atoms with Crippen LogP contribution in [0.15, 0.2) is 53.4 Å². The van der Waals surface area contributed by atoms with Crippen LogP contribution >= 0.6 is 11.8 Å². The van der Waals surface area contributed by atoms with Crippen LogP contribution in [0.3, 0.4) is 0 Å². The van der Waals surface area contributed by atoms with Crippen LogP contribution in [0.2, 0.25) is 0 Å². The van der Waals surface area contributed by atoms with E-state index in [1.54, 1.807) is 16.7 Å². The normalized spacial score (nSPS) is 17.7. The Balaban J connectivity index is 1.84. The molecule has 1 atom stereocenters. The Bertz CT molecular complexity index is 687. The minimum atomic E-state index is -0.847. The first-order chi connectivity index (χ1) is 11.2. The molecule has 120 valence electrons. The summed E-state index contributed by atoms with van der Waals surface area (Å²) in [6.07, 6.45) is 0.539. The highest BCUT2D eigenvalue weighted by Gasteiger charge is 2.32. The number of thioether (sulfide) groups is 1. The summed E-state index contributed by atoms with van der Waals surface area (Å²) in [4.78, 5) is 15.1. The maximum atomic E-state index is 12.1. The lowest BCUT2D eigenvalue weighted by atomic mass is 10.1. The second kappa shape index (κ2) is 7.20. The van der Waals surface area contributed by atoms with Crippen molar-refractivity contribution in [3.05, 3.63) is 59.7 Å². The van der Waals surface area contributed by atoms with Crippen molar-refractivity contribution < 1.29 is 9.90 Å². The zero-order chi connectivity index (χ0) is 16.2. The van der Waals surface area contributed by atoms with Gasteiger partial charge in [-0.05, 0) is 29.7 Å². The zero-order valence-corrected chi connectivity index (χ0v) is 14.1. The fraction of sp³-hybridized carbons (Fsp3) is 0.316. The van der Waals surface area contributed by atoms with Gasteiger partial charge in [-0.1, -0.05) is 43.3 Å². The molecule has 1 aliphatic heterocycles. The highest BCUT2D eigenvalue weighted by atomic mass is 32.2. The number of aliphatic hydroxyl groups excluding tert-OH is 1. The van der Waals surface area contributed by atoms with Crippen LogP contribution < -0.4 is 4.90 Å². The van der Waals surface area contributed by atoms with Crippen LogP contribution in [0.25, 0.3) is 0 Å². The van der Waals surface area contributed by atoms with Crippen LogP contribution in [-0.4, -0.2) is 23.7 Å². The molecule has 0 bridgehead atoms. The third kappa shape index (κ3) is 3.43. The van der Waals surface area contributed by atoms with E-state index in [1.807, 2.05) is 18.2 Å². The third-order valence-corrected chi connectivity index (χ3v) is 5.34. The molecule has 2 aromatic rings. The molecule has 3 nitrogen and oxygen atoms in total. The van der Waals surface area contributed by atoms with Crippen molar-refractivity contribution in [2.75, 3.05) is 11.4 Å². The van der Waals surface area contributed by atoms with Gasteiger partial charge < -0.3 is 10.0 Å². The predicted octanol–water partition coefficient (Wildman–Crippen LogP) is 3.64. The minimum Gasteiger partial charge on any atom is -0.383 e. The number of amides is 1. The van der Waals surface area contributed by atoms with Gasteiger partial charge in [0.25, 0.3) is 5.91 Å². The molecular formula is C19H21NO2S. The average Bonchev–Trinajstić information content (AvgIpc) is 2.92. The Hall–Kier alpha value is -1.78. The molecule has 0 aromatic heterocycles. The van der Waals surface area contributed by atoms with Crippen LogP contribution in [0.4, 0.5) is 5.69 Å². The molecular weight excluding hydrogens is 306 g/mol. The summed E-state index contributed by atoms with van der Waals surface area (Å²) < 4.78 is 0. The van der Waals surface area contributed by atoms with Gasteiger partial charge in [-0.2, -0.15) is 0 Å². The minimum absolute atomic E-state index is 0.176. The van der Waals surface area contributed by atoms with E-state index in [9.17, 15) is 9.90 Å². The molecule has 1 aliphatic rings. The molecule has 4 heteroatoms. The Kier molecular flexibility index (Phi) is 5.03. The van der Waals surface area contributed by atoms with Crippen molar-refractivity contribution in [2.45, 2.75) is 36.5 Å². The first kappa shape index (κ1) is 16.1. The van der Waals surface area contributed by atoms with E-state index >= 15 is 0 Å². The number of carbonyl (C=O) groups is 1. The molecule has 1 amide bonds. The highest BCUT2D eigenvalue weighted by molar-refractivity contribution is 7.98. The molecule has 1 saturated heterocycles. The third-order valence-electron chi connectivity index (χ3n) is 4.17. The predicted molar refractivity (Wildman–Crippen MR) is 94.8 cm³/mol. The van der Waals surface area contributed by atoms with E-state index < -0.39 is 6.10 Å². The second-order valence-electron chi connectivity index (χ2n) is 5.68. The van der Waals surface area contributed by atoms with Crippen LogP contribution in [-0.2, 0) is 17.0 Å². The van der Waals surface area contributed by atoms with Gasteiger partial charge in [0, 0.05) is 29.3 Å². The summed E-state index contributed by atoms with van der Waals surface area (Å²) in [6, 6.07) is 16.5. The number of aliphatic hydroxyl groups is 1. The van der Waals surface area contributed by atoms with Crippen molar-refractivity contribution in [1.29, 1.82) is 0 Å². The Morgan fingerprint density at radius 2 is 1.96 bits per heavy atom. The zero-order valence-electron chi connectivity index (χ0n) is 13.2. The summed E-state index contributed by atoms with van der Waals surface area (Å²) >= 11 is 1.80. The number of hydrogen-bond donors (Lipinski definition) is 1. The Morgan fingerprint density at radius 1 is 1.17 bits per heavy atom. The lowest BCUT2D eigenvalue weighted by Crippen LogP contribution is -2.30. The molecule has 0 saturated carbocycles. The highest BCUT2D eigenvalue weighted by Crippen LogP contribution is 2.34. The Morgan fingerprint density at radius 3 is 2.61 bits per heavy atom. The van der Waals surface area contributed by atoms with Gasteiger partial charge in [0.15, 0.2) is 0 Å². The smallest absolute Gasteiger partial charge is 0.255 e. The van der Waals surface area contributed by atoms with Crippen molar-refractivity contribution in [2.24, 2.45) is 0 Å². The van der Waals surface area contributed by atoms with E-state index in [4.69, 9.17) is 0 Å². The summed E-state index contributed by atoms with van der Waals surface area (Å²) in [5.41, 5.74) is 3.43. The lowest BCUT2D eigenvalue weighted by Gasteiger charge is -2.21. The molecule has 1 unspecified atom stereocenters. The SMILES string of the molecule is CCc1c(SCc2ccccc2)cccc1N1CCC(O)C1=O. The number of carbonyl (C=O) groups excluding carboxylic acids is 1. The van der Waals surface area contributed by atoms with Crippen LogP contribution in [0.1, 0.15) is 24.5 Å². The van der Waals surface area contributed by atoms with Gasteiger partial charge >= 0.3 is 0 Å². The van der Waals surface area contributed by atoms with Crippen LogP contribution in [0.5, 0.6) is 0 Å². The number of rotatable bonds is 5. The van der Waals surface area contributed by atoms with Crippen LogP contribution in [0, 0.1) is 0 Å². The van der Waals surface area contributed by atoms with E-state index in [2.05, 4.69) is 37.3 Å². The molecule has 1 N–H and O–H groups in total. The van der Waals surface area contributed by atoms with Crippen molar-refractivity contribution >= 4 is 23.4 Å². The second-order valence-corrected chi connectivity index (χ2v) is 6.69. The van der Waals surface area contributed by atoms with Crippen molar-refractivity contribution in [3.63, 3.8) is 0 Å². The largest absolute Gasteiger partial charge is 0.383 e. The quantitative estimate of drug-likeness (QED) is 0.853. The van der Waals surface area contributed by atoms with E-state index in [0.29, 0.717) is 13.0 Å². The average molecular weight is 327 g/mol. The maximum absolute atomic E-state index is 12.1. The first-order valence-corrected chi connectivity index (χ1v) is 8.97. The number of anilines is 1. The molecule has 0 spiro atoms. The van der Waals surface area contributed by atoms with Gasteiger partial charge in [-0.3, -0.25) is 4.79 Å². The molecule has 23 heavy (non-hydrogen) atoms. The number of benzene rings is 2. The number of hydrogen-bond acceptors (Lipinski definition) is 3. The van der Waals surface area contributed by atoms with Gasteiger partial charge in [-0.25, -0.2) is 0 Å². The van der Waals surface area contributed by atoms with Gasteiger partial charge in [0.05, 0.1) is 0 Å². The molecule has 1 fully saturated rings. The summed E-state index contributed by atoms with van der Waals surface area (Å²) in [7, 11) is 0. The fourth-order valence-corrected chi connectivity index (χ4v) is 4.05. The molecule has 0 aliphatic carbocycles. The fourth-order valence-electron chi connectivity index (χ4n) is 2.94. The molecule has 2 aromatic carbocycles. The Labute approximate surface area is 141 Å². The lowest BCUT2D eigenvalue weighted by molar-refractivity contribution is -0.124. The molecule has 0 radical (unpaired) electrons. The topological polar surface area (TPSA) is 40.5 Å². The van der Waals surface area contributed by atoms with E-state index in [0.717, 1.165) is 17.9 Å².